The van der Waals surface area contributed by atoms with E-state index in [0.29, 0.717) is 6.04 Å². The highest BCUT2D eigenvalue weighted by atomic mass is 15.2. The molecule has 1 heterocycles. The molecule has 0 aromatic heterocycles. The minimum absolute atomic E-state index is 0.450. The van der Waals surface area contributed by atoms with Crippen molar-refractivity contribution in [2.24, 2.45) is 5.92 Å². The first-order valence-corrected chi connectivity index (χ1v) is 8.02. The van der Waals surface area contributed by atoms with Crippen molar-refractivity contribution < 1.29 is 0 Å². The average molecular weight is 274 g/mol. The number of nitrogens with one attached hydrogen (secondary N) is 1. The van der Waals surface area contributed by atoms with E-state index in [-0.39, 0.29) is 0 Å². The lowest BCUT2D eigenvalue weighted by molar-refractivity contribution is 0.286. The lowest BCUT2D eigenvalue weighted by atomic mass is 9.93. The van der Waals surface area contributed by atoms with E-state index in [0.717, 1.165) is 12.5 Å². The van der Waals surface area contributed by atoms with Gasteiger partial charge in [0.1, 0.15) is 0 Å². The standard InChI is InChI=1S/C18H30N2/c1-6-16-7-8-20(11-16)12-17(19-5)18-14(3)9-13(2)10-15(18)4/h9-10,16-17,19H,6-8,11-12H2,1-5H3. The van der Waals surface area contributed by atoms with E-state index >= 15 is 0 Å². The first-order valence-electron chi connectivity index (χ1n) is 8.02. The first kappa shape index (κ1) is 15.5. The van der Waals surface area contributed by atoms with Crippen LogP contribution in [0.25, 0.3) is 0 Å². The number of aryl methyl sites for hydroxylation is 3. The highest BCUT2D eigenvalue weighted by molar-refractivity contribution is 5.39. The minimum Gasteiger partial charge on any atom is -0.312 e. The van der Waals surface area contributed by atoms with Gasteiger partial charge in [-0.2, -0.15) is 0 Å². The van der Waals surface area contributed by atoms with Gasteiger partial charge in [-0.3, -0.25) is 0 Å². The number of nitrogens with zero attached hydrogens (tertiary/aromatic N) is 1. The maximum Gasteiger partial charge on any atom is 0.0452 e. The van der Waals surface area contributed by atoms with Gasteiger partial charge in [-0.25, -0.2) is 0 Å². The predicted octanol–water partition coefficient (Wildman–Crippen LogP) is 3.60. The number of likely N-dealkylation sites (N-methyl/N-ethyl adjacent to an activating group) is 1. The van der Waals surface area contributed by atoms with Crippen LogP contribution in [-0.4, -0.2) is 31.6 Å². The molecule has 0 amide bonds. The van der Waals surface area contributed by atoms with Gasteiger partial charge < -0.3 is 10.2 Å². The minimum atomic E-state index is 0.450. The molecule has 2 heteroatoms. The largest absolute Gasteiger partial charge is 0.312 e. The molecule has 1 N–H and O–H groups in total. The number of hydrogen-bond donors (Lipinski definition) is 1. The Hall–Kier alpha value is -0.860. The molecule has 2 nitrogen and oxygen atoms in total. The Morgan fingerprint density at radius 3 is 2.40 bits per heavy atom. The fourth-order valence-corrected chi connectivity index (χ4v) is 3.74. The molecule has 0 aliphatic carbocycles. The molecule has 2 unspecified atom stereocenters. The van der Waals surface area contributed by atoms with Crippen LogP contribution in [0.4, 0.5) is 0 Å². The number of rotatable bonds is 5. The van der Waals surface area contributed by atoms with Crippen LogP contribution < -0.4 is 5.32 Å². The fraction of sp³-hybridized carbons (Fsp3) is 0.667. The molecule has 112 valence electrons. The van der Waals surface area contributed by atoms with Gasteiger partial charge in [0.2, 0.25) is 0 Å². The van der Waals surface area contributed by atoms with Gasteiger partial charge in [0.25, 0.3) is 0 Å². The maximum atomic E-state index is 3.54. The second-order valence-electron chi connectivity index (χ2n) is 6.48. The summed E-state index contributed by atoms with van der Waals surface area (Å²) in [7, 11) is 2.09. The molecular formula is C18H30N2. The van der Waals surface area contributed by atoms with Crippen molar-refractivity contribution in [3.63, 3.8) is 0 Å². The van der Waals surface area contributed by atoms with Crippen LogP contribution in [0, 0.1) is 26.7 Å². The molecule has 1 saturated heterocycles. The highest BCUT2D eigenvalue weighted by Gasteiger charge is 2.24. The molecule has 20 heavy (non-hydrogen) atoms. The van der Waals surface area contributed by atoms with Gasteiger partial charge in [-0.15, -0.1) is 0 Å². The summed E-state index contributed by atoms with van der Waals surface area (Å²) in [4.78, 5) is 2.63. The summed E-state index contributed by atoms with van der Waals surface area (Å²) >= 11 is 0. The van der Waals surface area contributed by atoms with Crippen LogP contribution in [0.3, 0.4) is 0 Å². The SMILES string of the molecule is CCC1CCN(CC(NC)c2c(C)cc(C)cc2C)C1. The smallest absolute Gasteiger partial charge is 0.0452 e. The van der Waals surface area contributed by atoms with Crippen LogP contribution >= 0.6 is 0 Å². The topological polar surface area (TPSA) is 15.3 Å². The van der Waals surface area contributed by atoms with Gasteiger partial charge in [-0.1, -0.05) is 31.0 Å². The van der Waals surface area contributed by atoms with Crippen LogP contribution in [0.5, 0.6) is 0 Å². The molecule has 0 radical (unpaired) electrons. The van der Waals surface area contributed by atoms with Crippen molar-refractivity contribution in [1.82, 2.24) is 10.2 Å². The van der Waals surface area contributed by atoms with Gasteiger partial charge in [-0.05, 0) is 63.4 Å². The second kappa shape index (κ2) is 6.73. The van der Waals surface area contributed by atoms with E-state index in [1.807, 2.05) is 0 Å². The molecule has 0 spiro atoms. The van der Waals surface area contributed by atoms with Crippen molar-refractivity contribution in [3.05, 3.63) is 34.4 Å². The number of benzene rings is 1. The molecule has 0 saturated carbocycles. The lowest BCUT2D eigenvalue weighted by Gasteiger charge is -2.27. The lowest BCUT2D eigenvalue weighted by Crippen LogP contribution is -2.33. The van der Waals surface area contributed by atoms with Crippen molar-refractivity contribution in [2.45, 2.75) is 46.6 Å². The summed E-state index contributed by atoms with van der Waals surface area (Å²) in [6.45, 7) is 12.7. The third-order valence-electron chi connectivity index (χ3n) is 4.82. The van der Waals surface area contributed by atoms with E-state index in [2.05, 4.69) is 57.1 Å². The molecule has 1 aromatic rings. The van der Waals surface area contributed by atoms with Crippen molar-refractivity contribution in [1.29, 1.82) is 0 Å². The summed E-state index contributed by atoms with van der Waals surface area (Å²) in [6, 6.07) is 5.07. The molecule has 1 aromatic carbocycles. The van der Waals surface area contributed by atoms with E-state index in [1.54, 1.807) is 0 Å². The van der Waals surface area contributed by atoms with E-state index < -0.39 is 0 Å². The zero-order valence-corrected chi connectivity index (χ0v) is 13.8. The first-order chi connectivity index (χ1) is 9.55. The van der Waals surface area contributed by atoms with E-state index in [9.17, 15) is 0 Å². The second-order valence-corrected chi connectivity index (χ2v) is 6.48. The van der Waals surface area contributed by atoms with Gasteiger partial charge >= 0.3 is 0 Å². The summed E-state index contributed by atoms with van der Waals surface area (Å²) in [5.41, 5.74) is 5.71. The summed E-state index contributed by atoms with van der Waals surface area (Å²) in [6.07, 6.45) is 2.70. The third kappa shape index (κ3) is 3.42. The number of likely N-dealkylation sites (tertiary alicyclic amines) is 1. The fourth-order valence-electron chi connectivity index (χ4n) is 3.74. The molecule has 1 aliphatic rings. The van der Waals surface area contributed by atoms with Gasteiger partial charge in [0.15, 0.2) is 0 Å². The Balaban J connectivity index is 2.13. The molecule has 2 rings (SSSR count). The van der Waals surface area contributed by atoms with E-state index in [1.165, 1.54) is 48.2 Å². The Bertz CT molecular complexity index is 430. The van der Waals surface area contributed by atoms with Gasteiger partial charge in [0.05, 0.1) is 0 Å². The summed E-state index contributed by atoms with van der Waals surface area (Å²) < 4.78 is 0. The monoisotopic (exact) mass is 274 g/mol. The predicted molar refractivity (Wildman–Crippen MR) is 87.3 cm³/mol. The Morgan fingerprint density at radius 1 is 1.25 bits per heavy atom. The molecule has 1 fully saturated rings. The zero-order chi connectivity index (χ0) is 14.7. The quantitative estimate of drug-likeness (QED) is 0.882. The van der Waals surface area contributed by atoms with Crippen LogP contribution in [0.1, 0.15) is 48.1 Å². The van der Waals surface area contributed by atoms with Crippen LogP contribution in [-0.2, 0) is 0 Å². The molecule has 0 bridgehead atoms. The number of hydrogen-bond acceptors (Lipinski definition) is 2. The van der Waals surface area contributed by atoms with Crippen molar-refractivity contribution in [3.8, 4) is 0 Å². The Morgan fingerprint density at radius 2 is 1.90 bits per heavy atom. The van der Waals surface area contributed by atoms with Crippen LogP contribution in [0.2, 0.25) is 0 Å². The van der Waals surface area contributed by atoms with Crippen molar-refractivity contribution >= 4 is 0 Å². The maximum absolute atomic E-state index is 3.54. The summed E-state index contributed by atoms with van der Waals surface area (Å²) in [5.74, 6) is 0.910. The highest BCUT2D eigenvalue weighted by Crippen LogP contribution is 2.27. The molecular weight excluding hydrogens is 244 g/mol. The van der Waals surface area contributed by atoms with Gasteiger partial charge in [0, 0.05) is 19.1 Å². The normalized spacial score (nSPS) is 21.4. The molecule has 2 atom stereocenters. The van der Waals surface area contributed by atoms with Crippen molar-refractivity contribution in [2.75, 3.05) is 26.7 Å². The van der Waals surface area contributed by atoms with E-state index in [4.69, 9.17) is 0 Å². The average Bonchev–Trinajstić information content (AvgIpc) is 2.84. The molecule has 1 aliphatic heterocycles. The van der Waals surface area contributed by atoms with Crippen LogP contribution in [0.15, 0.2) is 12.1 Å². The Labute approximate surface area is 124 Å². The Kier molecular flexibility index (Phi) is 5.22. The third-order valence-corrected chi connectivity index (χ3v) is 4.82. The summed E-state index contributed by atoms with van der Waals surface area (Å²) in [5, 5.41) is 3.54. The zero-order valence-electron chi connectivity index (χ0n) is 13.8.